The fourth-order valence-electron chi connectivity index (χ4n) is 2.20. The van der Waals surface area contributed by atoms with Gasteiger partial charge in [0.15, 0.2) is 5.01 Å². The number of carbonyl (C=O) groups excluding carboxylic acids is 1. The van der Waals surface area contributed by atoms with Gasteiger partial charge in [0.1, 0.15) is 0 Å². The number of hydrogen-bond donors (Lipinski definition) is 0. The first kappa shape index (κ1) is 12.0. The highest BCUT2D eigenvalue weighted by atomic mass is 32.2. The van der Waals surface area contributed by atoms with Crippen LogP contribution >= 0.6 is 23.1 Å². The molecule has 1 aliphatic rings. The zero-order valence-electron chi connectivity index (χ0n) is 10.1. The molecular weight excluding hydrogens is 264 g/mol. The monoisotopic (exact) mass is 278 g/mol. The first-order valence-electron chi connectivity index (χ1n) is 5.95. The number of hydrogen-bond acceptors (Lipinski definition) is 4. The summed E-state index contributed by atoms with van der Waals surface area (Å²) in [6.07, 6.45) is 3.20. The molecule has 3 rings (SSSR count). The van der Waals surface area contributed by atoms with E-state index < -0.39 is 0 Å². The van der Waals surface area contributed by atoms with E-state index in [1.54, 1.807) is 0 Å². The third-order valence-electron chi connectivity index (χ3n) is 3.24. The number of nitrogens with zero attached hydrogens (tertiary/aromatic N) is 2. The van der Waals surface area contributed by atoms with Gasteiger partial charge in [0.05, 0.1) is 10.2 Å². The number of fused-ring (bicyclic) bond motifs is 1. The summed E-state index contributed by atoms with van der Waals surface area (Å²) in [4.78, 5) is 18.7. The van der Waals surface area contributed by atoms with Crippen molar-refractivity contribution in [1.29, 1.82) is 0 Å². The molecule has 0 bridgehead atoms. The van der Waals surface area contributed by atoms with Gasteiger partial charge in [-0.1, -0.05) is 12.1 Å². The van der Waals surface area contributed by atoms with E-state index >= 15 is 0 Å². The van der Waals surface area contributed by atoms with Crippen LogP contribution in [0.3, 0.4) is 0 Å². The van der Waals surface area contributed by atoms with E-state index in [9.17, 15) is 4.79 Å². The summed E-state index contributed by atoms with van der Waals surface area (Å²) in [5, 5.41) is 1.21. The Hall–Kier alpha value is -1.07. The van der Waals surface area contributed by atoms with E-state index in [1.807, 2.05) is 40.9 Å². The van der Waals surface area contributed by atoms with E-state index in [0.29, 0.717) is 10.3 Å². The summed E-state index contributed by atoms with van der Waals surface area (Å²) in [7, 11) is 0. The number of rotatable bonds is 2. The number of amides is 1. The molecule has 0 saturated carbocycles. The maximum absolute atomic E-state index is 12.3. The van der Waals surface area contributed by atoms with Gasteiger partial charge in [-0.2, -0.15) is 11.8 Å². The summed E-state index contributed by atoms with van der Waals surface area (Å²) in [6, 6.07) is 7.90. The highest BCUT2D eigenvalue weighted by Crippen LogP contribution is 2.26. The molecule has 1 aromatic heterocycles. The molecule has 0 radical (unpaired) electrons. The third kappa shape index (κ3) is 2.12. The fraction of sp³-hybridized carbons (Fsp3) is 0.385. The van der Waals surface area contributed by atoms with Crippen molar-refractivity contribution < 1.29 is 4.79 Å². The minimum absolute atomic E-state index is 0.0905. The molecule has 1 unspecified atom stereocenters. The molecule has 18 heavy (non-hydrogen) atoms. The van der Waals surface area contributed by atoms with Crippen molar-refractivity contribution in [3.63, 3.8) is 0 Å². The van der Waals surface area contributed by atoms with Gasteiger partial charge in [-0.3, -0.25) is 4.79 Å². The number of likely N-dealkylation sites (tertiary alicyclic amines) is 1. The Bertz CT molecular complexity index is 548. The third-order valence-corrected chi connectivity index (χ3v) is 5.32. The number of benzene rings is 1. The lowest BCUT2D eigenvalue weighted by molar-refractivity contribution is 0.0793. The Labute approximate surface area is 114 Å². The van der Waals surface area contributed by atoms with Crippen LogP contribution in [-0.4, -0.2) is 40.4 Å². The second kappa shape index (κ2) is 4.90. The van der Waals surface area contributed by atoms with Crippen LogP contribution in [0.4, 0.5) is 0 Å². The molecule has 2 aromatic rings. The van der Waals surface area contributed by atoms with Crippen molar-refractivity contribution in [3.8, 4) is 0 Å². The largest absolute Gasteiger partial charge is 0.335 e. The first-order chi connectivity index (χ1) is 8.78. The van der Waals surface area contributed by atoms with Gasteiger partial charge in [0.25, 0.3) is 5.91 Å². The summed E-state index contributed by atoms with van der Waals surface area (Å²) in [6.45, 7) is 1.72. The van der Waals surface area contributed by atoms with Crippen LogP contribution in [0.5, 0.6) is 0 Å². The fourth-order valence-corrected chi connectivity index (χ4v) is 3.81. The molecule has 2 heterocycles. The molecule has 3 nitrogen and oxygen atoms in total. The molecule has 1 saturated heterocycles. The molecule has 5 heteroatoms. The minimum atomic E-state index is 0.0905. The van der Waals surface area contributed by atoms with Crippen LogP contribution in [0.2, 0.25) is 0 Å². The number of thioether (sulfide) groups is 1. The molecule has 1 amide bonds. The van der Waals surface area contributed by atoms with E-state index in [1.165, 1.54) is 11.3 Å². The van der Waals surface area contributed by atoms with Crippen molar-refractivity contribution in [2.24, 2.45) is 0 Å². The zero-order chi connectivity index (χ0) is 12.5. The highest BCUT2D eigenvalue weighted by molar-refractivity contribution is 7.99. The number of para-hydroxylation sites is 1. The van der Waals surface area contributed by atoms with E-state index in [-0.39, 0.29) is 5.91 Å². The van der Waals surface area contributed by atoms with Crippen LogP contribution < -0.4 is 0 Å². The maximum atomic E-state index is 12.3. The predicted octanol–water partition coefficient (Wildman–Crippen LogP) is 2.87. The topological polar surface area (TPSA) is 33.2 Å². The van der Waals surface area contributed by atoms with Crippen LogP contribution in [0.25, 0.3) is 10.2 Å². The van der Waals surface area contributed by atoms with Crippen molar-refractivity contribution in [2.75, 3.05) is 19.3 Å². The van der Waals surface area contributed by atoms with E-state index in [2.05, 4.69) is 11.2 Å². The Kier molecular flexibility index (Phi) is 3.26. The predicted molar refractivity (Wildman–Crippen MR) is 77.4 cm³/mol. The van der Waals surface area contributed by atoms with Crippen LogP contribution in [0.15, 0.2) is 24.3 Å². The quantitative estimate of drug-likeness (QED) is 0.847. The van der Waals surface area contributed by atoms with E-state index in [0.717, 1.165) is 29.7 Å². The number of carbonyl (C=O) groups is 1. The molecule has 0 aliphatic carbocycles. The van der Waals surface area contributed by atoms with E-state index in [4.69, 9.17) is 0 Å². The smallest absolute Gasteiger partial charge is 0.282 e. The molecular formula is C13H14N2OS2. The summed E-state index contributed by atoms with van der Waals surface area (Å²) in [5.41, 5.74) is 0.923. The Morgan fingerprint density at radius 2 is 2.33 bits per heavy atom. The highest BCUT2D eigenvalue weighted by Gasteiger charge is 2.27. The first-order valence-corrected chi connectivity index (χ1v) is 8.06. The lowest BCUT2D eigenvalue weighted by Crippen LogP contribution is -2.28. The van der Waals surface area contributed by atoms with Crippen molar-refractivity contribution in [2.45, 2.75) is 11.7 Å². The summed E-state index contributed by atoms with van der Waals surface area (Å²) in [5.74, 6) is 0.0905. The lowest BCUT2D eigenvalue weighted by Gasteiger charge is -2.13. The lowest BCUT2D eigenvalue weighted by atomic mass is 10.3. The molecule has 1 aromatic carbocycles. The van der Waals surface area contributed by atoms with Gasteiger partial charge in [-0.25, -0.2) is 4.98 Å². The van der Waals surface area contributed by atoms with Crippen LogP contribution in [0, 0.1) is 0 Å². The second-order valence-electron chi connectivity index (χ2n) is 4.38. The SMILES string of the molecule is CSC1CCN(C(=O)c2nc3ccccc3s2)C1. The average molecular weight is 278 g/mol. The molecule has 1 fully saturated rings. The van der Waals surface area contributed by atoms with Gasteiger partial charge in [0, 0.05) is 18.3 Å². The number of aromatic nitrogens is 1. The van der Waals surface area contributed by atoms with Crippen LogP contribution in [-0.2, 0) is 0 Å². The van der Waals surface area contributed by atoms with Gasteiger partial charge in [0.2, 0.25) is 0 Å². The molecule has 0 N–H and O–H groups in total. The van der Waals surface area contributed by atoms with Crippen molar-refractivity contribution >= 4 is 39.2 Å². The standard InChI is InChI=1S/C13H14N2OS2/c1-17-9-6-7-15(8-9)13(16)12-14-10-4-2-3-5-11(10)18-12/h2-5,9H,6-8H2,1H3. The average Bonchev–Trinajstić information content (AvgIpc) is 3.04. The second-order valence-corrected chi connectivity index (χ2v) is 6.55. The zero-order valence-corrected chi connectivity index (χ0v) is 11.8. The molecule has 0 spiro atoms. The Balaban J connectivity index is 1.84. The van der Waals surface area contributed by atoms with Crippen molar-refractivity contribution in [3.05, 3.63) is 29.3 Å². The Morgan fingerprint density at radius 1 is 1.50 bits per heavy atom. The summed E-state index contributed by atoms with van der Waals surface area (Å²) < 4.78 is 1.08. The van der Waals surface area contributed by atoms with Gasteiger partial charge >= 0.3 is 0 Å². The van der Waals surface area contributed by atoms with Gasteiger partial charge in [-0.05, 0) is 24.8 Å². The minimum Gasteiger partial charge on any atom is -0.335 e. The molecule has 1 aliphatic heterocycles. The van der Waals surface area contributed by atoms with Crippen LogP contribution in [0.1, 0.15) is 16.2 Å². The normalized spacial score (nSPS) is 19.6. The Morgan fingerprint density at radius 3 is 3.06 bits per heavy atom. The maximum Gasteiger partial charge on any atom is 0.282 e. The van der Waals surface area contributed by atoms with Crippen molar-refractivity contribution in [1.82, 2.24) is 9.88 Å². The summed E-state index contributed by atoms with van der Waals surface area (Å²) >= 11 is 3.33. The van der Waals surface area contributed by atoms with Gasteiger partial charge in [-0.15, -0.1) is 11.3 Å². The van der Waals surface area contributed by atoms with Gasteiger partial charge < -0.3 is 4.90 Å². The number of thiazole rings is 1. The molecule has 1 atom stereocenters. The molecule has 94 valence electrons.